The molecular formula is C13H18N2O. The first-order valence-electron chi connectivity index (χ1n) is 5.80. The Labute approximate surface area is 96.5 Å². The minimum Gasteiger partial charge on any atom is -0.355 e. The summed E-state index contributed by atoms with van der Waals surface area (Å²) in [5.74, 6) is 0.170. The van der Waals surface area contributed by atoms with Crippen LogP contribution in [0.3, 0.4) is 0 Å². The minimum atomic E-state index is 0.170. The maximum atomic E-state index is 11.4. The Morgan fingerprint density at radius 3 is 2.88 bits per heavy atom. The quantitative estimate of drug-likeness (QED) is 0.813. The molecule has 1 atom stereocenters. The molecule has 86 valence electrons. The van der Waals surface area contributed by atoms with Crippen LogP contribution in [0, 0.1) is 0 Å². The Kier molecular flexibility index (Phi) is 3.57. The van der Waals surface area contributed by atoms with E-state index < -0.39 is 0 Å². The Bertz CT molecular complexity index is 350. The van der Waals surface area contributed by atoms with Gasteiger partial charge in [-0.2, -0.15) is 0 Å². The number of nitrogens with zero attached hydrogens (tertiary/aromatic N) is 1. The van der Waals surface area contributed by atoms with Gasteiger partial charge in [-0.05, 0) is 12.5 Å². The van der Waals surface area contributed by atoms with E-state index in [4.69, 9.17) is 0 Å². The highest BCUT2D eigenvalue weighted by atomic mass is 16.1. The highest BCUT2D eigenvalue weighted by Crippen LogP contribution is 2.11. The van der Waals surface area contributed by atoms with Crippen LogP contribution in [0.15, 0.2) is 30.3 Å². The largest absolute Gasteiger partial charge is 0.355 e. The zero-order chi connectivity index (χ0) is 11.4. The zero-order valence-corrected chi connectivity index (χ0v) is 9.65. The molecule has 1 aromatic rings. The molecule has 1 unspecified atom stereocenters. The third-order valence-corrected chi connectivity index (χ3v) is 3.05. The molecule has 0 aliphatic carbocycles. The van der Waals surface area contributed by atoms with Gasteiger partial charge < -0.3 is 5.32 Å². The number of hydrogen-bond acceptors (Lipinski definition) is 2. The van der Waals surface area contributed by atoms with Crippen molar-refractivity contribution in [3.63, 3.8) is 0 Å². The van der Waals surface area contributed by atoms with Crippen molar-refractivity contribution in [3.05, 3.63) is 35.9 Å². The summed E-state index contributed by atoms with van der Waals surface area (Å²) >= 11 is 0. The number of benzene rings is 1. The van der Waals surface area contributed by atoms with Gasteiger partial charge in [0.2, 0.25) is 5.91 Å². The van der Waals surface area contributed by atoms with Gasteiger partial charge in [-0.15, -0.1) is 0 Å². The molecule has 3 nitrogen and oxygen atoms in total. The van der Waals surface area contributed by atoms with Gasteiger partial charge in [0.1, 0.15) is 0 Å². The number of rotatable bonds is 2. The second-order valence-corrected chi connectivity index (χ2v) is 4.36. The van der Waals surface area contributed by atoms with Gasteiger partial charge in [-0.25, -0.2) is 0 Å². The molecule has 1 aliphatic rings. The van der Waals surface area contributed by atoms with E-state index in [1.165, 1.54) is 5.56 Å². The lowest BCUT2D eigenvalue weighted by Gasteiger charge is -2.25. The lowest BCUT2D eigenvalue weighted by molar-refractivity contribution is -0.121. The Morgan fingerprint density at radius 1 is 1.38 bits per heavy atom. The summed E-state index contributed by atoms with van der Waals surface area (Å²) in [5, 5.41) is 2.91. The van der Waals surface area contributed by atoms with Gasteiger partial charge in [0.05, 0.1) is 0 Å². The van der Waals surface area contributed by atoms with Gasteiger partial charge in [-0.3, -0.25) is 9.69 Å². The fourth-order valence-electron chi connectivity index (χ4n) is 2.08. The molecule has 0 radical (unpaired) electrons. The molecule has 2 rings (SSSR count). The molecule has 1 aromatic carbocycles. The van der Waals surface area contributed by atoms with Crippen molar-refractivity contribution in [1.82, 2.24) is 10.2 Å². The summed E-state index contributed by atoms with van der Waals surface area (Å²) in [6.45, 7) is 4.74. The topological polar surface area (TPSA) is 32.3 Å². The molecule has 0 spiro atoms. The second-order valence-electron chi connectivity index (χ2n) is 4.36. The number of carbonyl (C=O) groups excluding carboxylic acids is 1. The third-order valence-electron chi connectivity index (χ3n) is 3.05. The summed E-state index contributed by atoms with van der Waals surface area (Å²) in [6.07, 6.45) is 0.604. The maximum Gasteiger partial charge on any atom is 0.221 e. The summed E-state index contributed by atoms with van der Waals surface area (Å²) in [6, 6.07) is 10.7. The molecule has 0 saturated carbocycles. The second kappa shape index (κ2) is 5.12. The van der Waals surface area contributed by atoms with Crippen molar-refractivity contribution in [1.29, 1.82) is 0 Å². The van der Waals surface area contributed by atoms with Gasteiger partial charge in [0.15, 0.2) is 0 Å². The molecule has 1 fully saturated rings. The molecule has 1 saturated heterocycles. The first-order valence-corrected chi connectivity index (χ1v) is 5.80. The molecule has 1 aliphatic heterocycles. The van der Waals surface area contributed by atoms with E-state index in [9.17, 15) is 4.79 Å². The summed E-state index contributed by atoms with van der Waals surface area (Å²) in [4.78, 5) is 13.7. The lowest BCUT2D eigenvalue weighted by Crippen LogP contribution is -2.33. The molecule has 16 heavy (non-hydrogen) atoms. The van der Waals surface area contributed by atoms with Crippen molar-refractivity contribution in [2.24, 2.45) is 0 Å². The van der Waals surface area contributed by atoms with Crippen LogP contribution < -0.4 is 5.32 Å². The van der Waals surface area contributed by atoms with E-state index >= 15 is 0 Å². The van der Waals surface area contributed by atoms with Crippen LogP contribution in [0.2, 0.25) is 0 Å². The first kappa shape index (κ1) is 11.1. The minimum absolute atomic E-state index is 0.170. The third kappa shape index (κ3) is 2.83. The number of carbonyl (C=O) groups is 1. The van der Waals surface area contributed by atoms with Gasteiger partial charge in [0, 0.05) is 32.1 Å². The molecule has 1 N–H and O–H groups in total. The SMILES string of the molecule is CC1CC(=O)NCCN1Cc1ccccc1. The van der Waals surface area contributed by atoms with Crippen molar-refractivity contribution in [2.75, 3.05) is 13.1 Å². The fourth-order valence-corrected chi connectivity index (χ4v) is 2.08. The van der Waals surface area contributed by atoms with Crippen LogP contribution in [0.1, 0.15) is 18.9 Å². The number of hydrogen-bond donors (Lipinski definition) is 1. The normalized spacial score (nSPS) is 22.6. The highest BCUT2D eigenvalue weighted by molar-refractivity contribution is 5.76. The standard InChI is InChI=1S/C13H18N2O/c1-11-9-13(16)14-7-8-15(11)10-12-5-3-2-4-6-12/h2-6,11H,7-10H2,1H3,(H,14,16). The predicted octanol–water partition coefficient (Wildman–Crippen LogP) is 1.40. The van der Waals surface area contributed by atoms with Gasteiger partial charge in [-0.1, -0.05) is 30.3 Å². The summed E-state index contributed by atoms with van der Waals surface area (Å²) in [5.41, 5.74) is 1.31. The molecule has 0 aromatic heterocycles. The molecule has 0 bridgehead atoms. The Morgan fingerprint density at radius 2 is 2.12 bits per heavy atom. The van der Waals surface area contributed by atoms with Gasteiger partial charge in [0.25, 0.3) is 0 Å². The van der Waals surface area contributed by atoms with Crippen molar-refractivity contribution in [3.8, 4) is 0 Å². The fraction of sp³-hybridized carbons (Fsp3) is 0.462. The van der Waals surface area contributed by atoms with Crippen molar-refractivity contribution in [2.45, 2.75) is 25.9 Å². The molecule has 1 amide bonds. The number of nitrogens with one attached hydrogen (secondary N) is 1. The van der Waals surface area contributed by atoms with Crippen molar-refractivity contribution >= 4 is 5.91 Å². The van der Waals surface area contributed by atoms with Crippen LogP contribution in [0.5, 0.6) is 0 Å². The van der Waals surface area contributed by atoms with E-state index in [-0.39, 0.29) is 5.91 Å². The smallest absolute Gasteiger partial charge is 0.221 e. The average molecular weight is 218 g/mol. The van der Waals surface area contributed by atoms with E-state index in [0.717, 1.165) is 19.6 Å². The highest BCUT2D eigenvalue weighted by Gasteiger charge is 2.20. The summed E-state index contributed by atoms with van der Waals surface area (Å²) < 4.78 is 0. The first-order chi connectivity index (χ1) is 7.75. The van der Waals surface area contributed by atoms with E-state index in [1.807, 2.05) is 6.07 Å². The monoisotopic (exact) mass is 218 g/mol. The van der Waals surface area contributed by atoms with Crippen molar-refractivity contribution < 1.29 is 4.79 Å². The van der Waals surface area contributed by atoms with E-state index in [1.54, 1.807) is 0 Å². The van der Waals surface area contributed by atoms with Crippen LogP contribution >= 0.6 is 0 Å². The van der Waals surface area contributed by atoms with Crippen LogP contribution in [0.25, 0.3) is 0 Å². The maximum absolute atomic E-state index is 11.4. The number of amides is 1. The Balaban J connectivity index is 2.01. The molecule has 1 heterocycles. The lowest BCUT2D eigenvalue weighted by atomic mass is 10.1. The molecular weight excluding hydrogens is 200 g/mol. The predicted molar refractivity (Wildman–Crippen MR) is 63.9 cm³/mol. The van der Waals surface area contributed by atoms with Crippen LogP contribution in [0.4, 0.5) is 0 Å². The summed E-state index contributed by atoms with van der Waals surface area (Å²) in [7, 11) is 0. The van der Waals surface area contributed by atoms with Crippen LogP contribution in [-0.2, 0) is 11.3 Å². The van der Waals surface area contributed by atoms with E-state index in [0.29, 0.717) is 12.5 Å². The molecule has 3 heteroatoms. The van der Waals surface area contributed by atoms with Gasteiger partial charge >= 0.3 is 0 Å². The van der Waals surface area contributed by atoms with Crippen LogP contribution in [-0.4, -0.2) is 29.9 Å². The zero-order valence-electron chi connectivity index (χ0n) is 9.65. The Hall–Kier alpha value is -1.35. The average Bonchev–Trinajstić information content (AvgIpc) is 2.43. The van der Waals surface area contributed by atoms with E-state index in [2.05, 4.69) is 41.4 Å².